The van der Waals surface area contributed by atoms with E-state index >= 15 is 0 Å². The minimum Gasteiger partial charge on any atom is -0.304 e. The second-order valence-corrected chi connectivity index (χ2v) is 5.13. The molecule has 1 heterocycles. The Morgan fingerprint density at radius 3 is 2.94 bits per heavy atom. The highest BCUT2D eigenvalue weighted by Crippen LogP contribution is 2.19. The average molecular weight is 246 g/mol. The highest BCUT2D eigenvalue weighted by atomic mass is 32.1. The van der Waals surface area contributed by atoms with Crippen LogP contribution in [0.3, 0.4) is 0 Å². The molecule has 0 fully saturated rings. The highest BCUT2D eigenvalue weighted by molar-refractivity contribution is 7.09. The maximum Gasteiger partial charge on any atom is 0.109 e. The first-order valence-corrected chi connectivity index (χ1v) is 6.86. The molecule has 0 amide bonds. The van der Waals surface area contributed by atoms with E-state index in [2.05, 4.69) is 48.4 Å². The van der Waals surface area contributed by atoms with E-state index in [0.717, 1.165) is 13.0 Å². The van der Waals surface area contributed by atoms with Crippen LogP contribution in [-0.2, 0) is 6.54 Å². The van der Waals surface area contributed by atoms with Gasteiger partial charge in [-0.3, -0.25) is 0 Å². The molecule has 2 rings (SSSR count). The van der Waals surface area contributed by atoms with Crippen LogP contribution in [0.15, 0.2) is 35.8 Å². The van der Waals surface area contributed by atoms with E-state index in [-0.39, 0.29) is 0 Å². The van der Waals surface area contributed by atoms with Gasteiger partial charge < -0.3 is 5.32 Å². The molecule has 2 aromatic rings. The van der Waals surface area contributed by atoms with Crippen LogP contribution in [0, 0.1) is 6.92 Å². The van der Waals surface area contributed by atoms with Crippen LogP contribution in [0.1, 0.15) is 35.5 Å². The van der Waals surface area contributed by atoms with Crippen LogP contribution < -0.4 is 5.32 Å². The molecule has 1 N–H and O–H groups in total. The molecule has 90 valence electrons. The van der Waals surface area contributed by atoms with Gasteiger partial charge in [-0.15, -0.1) is 11.3 Å². The molecule has 0 spiro atoms. The van der Waals surface area contributed by atoms with Crippen LogP contribution in [0.5, 0.6) is 0 Å². The van der Waals surface area contributed by atoms with Crippen LogP contribution in [0.2, 0.25) is 0 Å². The lowest BCUT2D eigenvalue weighted by Crippen LogP contribution is -2.20. The van der Waals surface area contributed by atoms with E-state index < -0.39 is 0 Å². The van der Waals surface area contributed by atoms with Crippen molar-refractivity contribution in [3.05, 3.63) is 52.0 Å². The van der Waals surface area contributed by atoms with Crippen molar-refractivity contribution in [3.63, 3.8) is 0 Å². The largest absolute Gasteiger partial charge is 0.304 e. The molecule has 1 aromatic heterocycles. The monoisotopic (exact) mass is 246 g/mol. The lowest BCUT2D eigenvalue weighted by Gasteiger charge is -2.14. The SMILES string of the molecule is CCC(NCc1cccc(C)c1)c1nccs1. The number of aryl methyl sites for hydroxylation is 1. The van der Waals surface area contributed by atoms with E-state index in [9.17, 15) is 0 Å². The van der Waals surface area contributed by atoms with Crippen molar-refractivity contribution in [2.45, 2.75) is 32.9 Å². The lowest BCUT2D eigenvalue weighted by molar-refractivity contribution is 0.516. The molecular formula is C14H18N2S. The summed E-state index contributed by atoms with van der Waals surface area (Å²) in [5, 5.41) is 6.78. The molecule has 0 aliphatic carbocycles. The van der Waals surface area contributed by atoms with Gasteiger partial charge in [-0.1, -0.05) is 36.8 Å². The predicted molar refractivity (Wildman–Crippen MR) is 73.2 cm³/mol. The lowest BCUT2D eigenvalue weighted by atomic mass is 10.1. The summed E-state index contributed by atoms with van der Waals surface area (Å²) in [7, 11) is 0. The zero-order valence-corrected chi connectivity index (χ0v) is 11.1. The Balaban J connectivity index is 1.97. The summed E-state index contributed by atoms with van der Waals surface area (Å²) < 4.78 is 0. The number of hydrogen-bond acceptors (Lipinski definition) is 3. The molecule has 2 nitrogen and oxygen atoms in total. The summed E-state index contributed by atoms with van der Waals surface area (Å²) in [6.07, 6.45) is 2.94. The number of nitrogens with one attached hydrogen (secondary N) is 1. The van der Waals surface area contributed by atoms with Crippen molar-refractivity contribution >= 4 is 11.3 Å². The van der Waals surface area contributed by atoms with E-state index in [1.165, 1.54) is 16.1 Å². The quantitative estimate of drug-likeness (QED) is 0.870. The minimum atomic E-state index is 0.371. The fourth-order valence-electron chi connectivity index (χ4n) is 1.88. The number of thiazole rings is 1. The van der Waals surface area contributed by atoms with Gasteiger partial charge in [0.15, 0.2) is 0 Å². The third-order valence-corrected chi connectivity index (χ3v) is 3.68. The van der Waals surface area contributed by atoms with E-state index in [1.54, 1.807) is 11.3 Å². The van der Waals surface area contributed by atoms with Crippen LogP contribution in [0.25, 0.3) is 0 Å². The van der Waals surface area contributed by atoms with Crippen molar-refractivity contribution in [1.29, 1.82) is 0 Å². The van der Waals surface area contributed by atoms with Crippen molar-refractivity contribution < 1.29 is 0 Å². The van der Waals surface area contributed by atoms with Gasteiger partial charge in [-0.05, 0) is 18.9 Å². The standard InChI is InChI=1S/C14H18N2S/c1-3-13(14-15-7-8-17-14)16-10-12-6-4-5-11(2)9-12/h4-9,13,16H,3,10H2,1-2H3. The summed E-state index contributed by atoms with van der Waals surface area (Å²) >= 11 is 1.72. The van der Waals surface area contributed by atoms with Gasteiger partial charge in [0.25, 0.3) is 0 Å². The first-order valence-electron chi connectivity index (χ1n) is 5.98. The molecule has 0 saturated heterocycles. The Labute approximate surface area is 107 Å². The zero-order chi connectivity index (χ0) is 12.1. The molecule has 1 atom stereocenters. The second kappa shape index (κ2) is 5.94. The summed E-state index contributed by atoms with van der Waals surface area (Å²) in [4.78, 5) is 4.37. The maximum absolute atomic E-state index is 4.37. The molecule has 0 saturated carbocycles. The van der Waals surface area contributed by atoms with E-state index in [1.807, 2.05) is 11.6 Å². The molecule has 17 heavy (non-hydrogen) atoms. The zero-order valence-electron chi connectivity index (χ0n) is 10.3. The normalized spacial score (nSPS) is 12.6. The Morgan fingerprint density at radius 1 is 1.41 bits per heavy atom. The van der Waals surface area contributed by atoms with Crippen molar-refractivity contribution in [2.75, 3.05) is 0 Å². The van der Waals surface area contributed by atoms with Gasteiger partial charge in [-0.2, -0.15) is 0 Å². The topological polar surface area (TPSA) is 24.9 Å². The maximum atomic E-state index is 4.37. The fourth-order valence-corrected chi connectivity index (χ4v) is 2.67. The minimum absolute atomic E-state index is 0.371. The molecule has 1 aromatic carbocycles. The summed E-state index contributed by atoms with van der Waals surface area (Å²) in [6, 6.07) is 8.99. The van der Waals surface area contributed by atoms with Crippen LogP contribution in [0.4, 0.5) is 0 Å². The number of benzene rings is 1. The summed E-state index contributed by atoms with van der Waals surface area (Å²) in [5.41, 5.74) is 2.65. The Bertz CT molecular complexity index is 451. The Morgan fingerprint density at radius 2 is 2.29 bits per heavy atom. The molecule has 1 unspecified atom stereocenters. The van der Waals surface area contributed by atoms with Gasteiger partial charge in [0, 0.05) is 18.1 Å². The second-order valence-electron chi connectivity index (χ2n) is 4.20. The average Bonchev–Trinajstić information content (AvgIpc) is 2.84. The Hall–Kier alpha value is -1.19. The molecule has 3 heteroatoms. The van der Waals surface area contributed by atoms with Gasteiger partial charge in [0.05, 0.1) is 6.04 Å². The smallest absolute Gasteiger partial charge is 0.109 e. The van der Waals surface area contributed by atoms with Crippen LogP contribution in [-0.4, -0.2) is 4.98 Å². The molecule has 0 aliphatic heterocycles. The number of nitrogens with zero attached hydrogens (tertiary/aromatic N) is 1. The molecular weight excluding hydrogens is 228 g/mol. The highest BCUT2D eigenvalue weighted by Gasteiger charge is 2.10. The third kappa shape index (κ3) is 3.38. The van der Waals surface area contributed by atoms with Crippen molar-refractivity contribution in [2.24, 2.45) is 0 Å². The third-order valence-electron chi connectivity index (χ3n) is 2.79. The molecule has 0 aliphatic rings. The summed E-state index contributed by atoms with van der Waals surface area (Å²) in [6.45, 7) is 5.22. The van der Waals surface area contributed by atoms with Gasteiger partial charge >= 0.3 is 0 Å². The Kier molecular flexibility index (Phi) is 4.29. The van der Waals surface area contributed by atoms with Gasteiger partial charge in [0.1, 0.15) is 5.01 Å². The first-order chi connectivity index (χ1) is 8.29. The van der Waals surface area contributed by atoms with Crippen LogP contribution >= 0.6 is 11.3 Å². The summed E-state index contributed by atoms with van der Waals surface area (Å²) in [5.74, 6) is 0. The molecule has 0 bridgehead atoms. The number of aromatic nitrogens is 1. The van der Waals surface area contributed by atoms with E-state index in [0.29, 0.717) is 6.04 Å². The van der Waals surface area contributed by atoms with Crippen molar-refractivity contribution in [1.82, 2.24) is 10.3 Å². The van der Waals surface area contributed by atoms with Crippen molar-refractivity contribution in [3.8, 4) is 0 Å². The predicted octanol–water partition coefficient (Wildman–Crippen LogP) is 3.69. The number of rotatable bonds is 5. The fraction of sp³-hybridized carbons (Fsp3) is 0.357. The molecule has 0 radical (unpaired) electrons. The van der Waals surface area contributed by atoms with Gasteiger partial charge in [0.2, 0.25) is 0 Å². The first kappa shape index (κ1) is 12.3. The number of hydrogen-bond donors (Lipinski definition) is 1. The van der Waals surface area contributed by atoms with E-state index in [4.69, 9.17) is 0 Å². The van der Waals surface area contributed by atoms with Gasteiger partial charge in [-0.25, -0.2) is 4.98 Å².